The minimum Gasteiger partial charge on any atom is -0.506 e. The number of nitriles is 1. The van der Waals surface area contributed by atoms with Crippen LogP contribution in [0.1, 0.15) is 0 Å². The molecule has 5 heteroatoms. The Morgan fingerprint density at radius 1 is 1.19 bits per heavy atom. The number of fused-ring (bicyclic) bond motifs is 1. The van der Waals surface area contributed by atoms with Gasteiger partial charge in [0.05, 0.1) is 5.02 Å². The minimum absolute atomic E-state index is 0.0461. The zero-order valence-electron chi connectivity index (χ0n) is 7.98. The van der Waals surface area contributed by atoms with Crippen LogP contribution >= 0.6 is 23.2 Å². The van der Waals surface area contributed by atoms with Crippen LogP contribution in [0.15, 0.2) is 30.3 Å². The lowest BCUT2D eigenvalue weighted by Gasteiger charge is -2.04. The molecule has 0 saturated carbocycles. The Hall–Kier alpha value is -1.63. The van der Waals surface area contributed by atoms with Crippen molar-refractivity contribution in [3.8, 4) is 12.0 Å². The molecule has 0 unspecified atom stereocenters. The largest absolute Gasteiger partial charge is 0.506 e. The quantitative estimate of drug-likeness (QED) is 0.706. The fourth-order valence-electron chi connectivity index (χ4n) is 1.27. The first kappa shape index (κ1) is 12.4. The van der Waals surface area contributed by atoms with E-state index >= 15 is 0 Å². The van der Waals surface area contributed by atoms with Crippen molar-refractivity contribution >= 4 is 34.0 Å². The smallest absolute Gasteiger partial charge is 0.283 e. The van der Waals surface area contributed by atoms with E-state index in [1.807, 2.05) is 18.2 Å². The van der Waals surface area contributed by atoms with Gasteiger partial charge in [0, 0.05) is 5.39 Å². The number of aromatic hydroxyl groups is 1. The normalized spacial score (nSPS) is 9.06. The summed E-state index contributed by atoms with van der Waals surface area (Å²) >= 11 is 11.6. The molecular weight excluding hydrogens is 249 g/mol. The fraction of sp³-hybridized carbons (Fsp3) is 0. The Bertz CT molecular complexity index is 549. The van der Waals surface area contributed by atoms with Crippen molar-refractivity contribution in [3.63, 3.8) is 0 Å². The van der Waals surface area contributed by atoms with Gasteiger partial charge in [0.1, 0.15) is 10.8 Å². The van der Waals surface area contributed by atoms with E-state index in [9.17, 15) is 5.11 Å². The van der Waals surface area contributed by atoms with Gasteiger partial charge < -0.3 is 10.2 Å². The SMILES string of the molecule is N#CO.Oc1c(Cl)c(Cl)cc2ccccc12. The number of hydrogen-bond donors (Lipinski definition) is 2. The second-order valence-corrected chi connectivity index (χ2v) is 3.63. The van der Waals surface area contributed by atoms with E-state index in [0.717, 1.165) is 17.0 Å². The summed E-state index contributed by atoms with van der Waals surface area (Å²) in [5.41, 5.74) is 0. The van der Waals surface area contributed by atoms with Gasteiger partial charge in [-0.3, -0.25) is 0 Å². The maximum atomic E-state index is 9.62. The van der Waals surface area contributed by atoms with E-state index in [0.29, 0.717) is 5.02 Å². The summed E-state index contributed by atoms with van der Waals surface area (Å²) in [6.07, 6.45) is 0.750. The Morgan fingerprint density at radius 2 is 1.75 bits per heavy atom. The molecule has 0 aliphatic carbocycles. The van der Waals surface area contributed by atoms with E-state index in [-0.39, 0.29) is 10.8 Å². The van der Waals surface area contributed by atoms with Gasteiger partial charge in [0.15, 0.2) is 0 Å². The number of aliphatic hydroxyl groups is 1. The van der Waals surface area contributed by atoms with Gasteiger partial charge >= 0.3 is 0 Å². The number of halogens is 2. The Balaban J connectivity index is 0.000000386. The second kappa shape index (κ2) is 5.45. The molecule has 0 aliphatic heterocycles. The molecule has 2 N–H and O–H groups in total. The van der Waals surface area contributed by atoms with Crippen molar-refractivity contribution in [2.24, 2.45) is 0 Å². The standard InChI is InChI=1S/C10H6Cl2O.CHNO/c11-8-5-6-3-1-2-4-7(6)10(13)9(8)12;2-1-3/h1-5,13H;3H. The van der Waals surface area contributed by atoms with Gasteiger partial charge in [-0.25, -0.2) is 0 Å². The van der Waals surface area contributed by atoms with Gasteiger partial charge in [0.25, 0.3) is 6.26 Å². The highest BCUT2D eigenvalue weighted by atomic mass is 35.5. The van der Waals surface area contributed by atoms with Gasteiger partial charge in [0.2, 0.25) is 0 Å². The van der Waals surface area contributed by atoms with E-state index < -0.39 is 0 Å². The fourth-order valence-corrected chi connectivity index (χ4v) is 1.63. The summed E-state index contributed by atoms with van der Waals surface area (Å²) in [7, 11) is 0. The number of rotatable bonds is 0. The molecule has 82 valence electrons. The van der Waals surface area contributed by atoms with Crippen LogP contribution in [-0.2, 0) is 0 Å². The van der Waals surface area contributed by atoms with Crippen LogP contribution < -0.4 is 0 Å². The van der Waals surface area contributed by atoms with Crippen LogP contribution in [0.2, 0.25) is 10.0 Å². The monoisotopic (exact) mass is 255 g/mol. The first-order valence-electron chi connectivity index (χ1n) is 4.20. The first-order chi connectivity index (χ1) is 7.61. The van der Waals surface area contributed by atoms with Crippen molar-refractivity contribution in [1.82, 2.24) is 0 Å². The molecule has 2 aromatic carbocycles. The Kier molecular flexibility index (Phi) is 4.24. The molecule has 3 nitrogen and oxygen atoms in total. The van der Waals surface area contributed by atoms with Gasteiger partial charge in [-0.1, -0.05) is 47.5 Å². The maximum absolute atomic E-state index is 9.62. The molecule has 0 spiro atoms. The molecule has 0 amide bonds. The lowest BCUT2D eigenvalue weighted by Crippen LogP contribution is -1.76. The molecular formula is C11H7Cl2NO2. The van der Waals surface area contributed by atoms with Crippen LogP contribution in [0.25, 0.3) is 10.8 Å². The van der Waals surface area contributed by atoms with Gasteiger partial charge in [-0.05, 0) is 11.5 Å². The average Bonchev–Trinajstić information content (AvgIpc) is 2.27. The third kappa shape index (κ3) is 2.48. The van der Waals surface area contributed by atoms with Crippen LogP contribution in [0.5, 0.6) is 5.75 Å². The molecule has 0 saturated heterocycles. The minimum atomic E-state index is 0.0461. The Labute approximate surface area is 102 Å². The van der Waals surface area contributed by atoms with Crippen molar-refractivity contribution in [3.05, 3.63) is 40.4 Å². The van der Waals surface area contributed by atoms with Gasteiger partial charge in [-0.2, -0.15) is 5.26 Å². The molecule has 0 atom stereocenters. The van der Waals surface area contributed by atoms with Crippen LogP contribution in [0, 0.1) is 11.5 Å². The summed E-state index contributed by atoms with van der Waals surface area (Å²) in [6, 6.07) is 9.13. The average molecular weight is 256 g/mol. The maximum Gasteiger partial charge on any atom is 0.283 e. The number of phenolic OH excluding ortho intramolecular Hbond substituents is 1. The molecule has 2 rings (SSSR count). The molecule has 16 heavy (non-hydrogen) atoms. The third-order valence-corrected chi connectivity index (χ3v) is 2.69. The summed E-state index contributed by atoms with van der Waals surface area (Å²) in [5.74, 6) is 0.0461. The number of hydrogen-bond acceptors (Lipinski definition) is 3. The summed E-state index contributed by atoms with van der Waals surface area (Å²) in [6.45, 7) is 0. The van der Waals surface area contributed by atoms with E-state index in [4.69, 9.17) is 33.6 Å². The highest BCUT2D eigenvalue weighted by molar-refractivity contribution is 6.44. The van der Waals surface area contributed by atoms with Gasteiger partial charge in [-0.15, -0.1) is 0 Å². The molecule has 0 aromatic heterocycles. The van der Waals surface area contributed by atoms with E-state index in [1.165, 1.54) is 0 Å². The summed E-state index contributed by atoms with van der Waals surface area (Å²) in [5, 5.41) is 25.6. The lowest BCUT2D eigenvalue weighted by molar-refractivity contribution is 0.482. The Morgan fingerprint density at radius 3 is 2.38 bits per heavy atom. The topological polar surface area (TPSA) is 64.2 Å². The lowest BCUT2D eigenvalue weighted by atomic mass is 10.1. The van der Waals surface area contributed by atoms with Crippen LogP contribution in [-0.4, -0.2) is 10.2 Å². The highest BCUT2D eigenvalue weighted by Crippen LogP contribution is 2.37. The third-order valence-electron chi connectivity index (χ3n) is 1.92. The summed E-state index contributed by atoms with van der Waals surface area (Å²) < 4.78 is 0. The number of aliphatic hydroxyl groups excluding tert-OH is 1. The zero-order chi connectivity index (χ0) is 12.1. The van der Waals surface area contributed by atoms with Crippen molar-refractivity contribution in [2.75, 3.05) is 0 Å². The van der Waals surface area contributed by atoms with E-state index in [1.54, 1.807) is 12.1 Å². The first-order valence-corrected chi connectivity index (χ1v) is 4.96. The molecule has 0 bridgehead atoms. The predicted molar refractivity (Wildman–Crippen MR) is 63.2 cm³/mol. The van der Waals surface area contributed by atoms with Crippen molar-refractivity contribution < 1.29 is 10.2 Å². The molecule has 0 aliphatic rings. The van der Waals surface area contributed by atoms with Crippen LogP contribution in [0.3, 0.4) is 0 Å². The van der Waals surface area contributed by atoms with E-state index in [2.05, 4.69) is 0 Å². The van der Waals surface area contributed by atoms with Crippen molar-refractivity contribution in [2.45, 2.75) is 0 Å². The summed E-state index contributed by atoms with van der Waals surface area (Å²) in [4.78, 5) is 0. The highest BCUT2D eigenvalue weighted by Gasteiger charge is 2.08. The predicted octanol–water partition coefficient (Wildman–Crippen LogP) is 3.69. The number of nitrogens with zero attached hydrogens (tertiary/aromatic N) is 1. The molecule has 0 fully saturated rings. The molecule has 0 heterocycles. The molecule has 2 aromatic rings. The second-order valence-electron chi connectivity index (χ2n) is 2.84. The van der Waals surface area contributed by atoms with Crippen LogP contribution in [0.4, 0.5) is 0 Å². The van der Waals surface area contributed by atoms with Crippen molar-refractivity contribution in [1.29, 1.82) is 5.26 Å². The number of benzene rings is 2. The molecule has 0 radical (unpaired) electrons. The zero-order valence-corrected chi connectivity index (χ0v) is 9.50. The number of phenols is 1.